The van der Waals surface area contributed by atoms with Crippen molar-refractivity contribution in [3.05, 3.63) is 20.8 Å². The molecule has 0 fully saturated rings. The first-order valence-corrected chi connectivity index (χ1v) is 5.83. The van der Waals surface area contributed by atoms with Gasteiger partial charge in [0.05, 0.1) is 11.6 Å². The van der Waals surface area contributed by atoms with Gasteiger partial charge in [-0.15, -0.1) is 17.8 Å². The standard InChI is InChI=1S/C11H12ClNOS/c1-4-6-13(5-2)11(14)10-9(12)8(3)7-15-10/h1,7H,5-6H2,2-3H3. The van der Waals surface area contributed by atoms with Crippen molar-refractivity contribution < 1.29 is 4.79 Å². The molecule has 4 heteroatoms. The summed E-state index contributed by atoms with van der Waals surface area (Å²) in [5.74, 6) is 2.38. The molecule has 0 aliphatic carbocycles. The van der Waals surface area contributed by atoms with Gasteiger partial charge in [-0.05, 0) is 24.8 Å². The summed E-state index contributed by atoms with van der Waals surface area (Å²) in [5.41, 5.74) is 0.932. The SMILES string of the molecule is C#CCN(CC)C(=O)c1scc(C)c1Cl. The van der Waals surface area contributed by atoms with E-state index in [0.29, 0.717) is 23.0 Å². The fraction of sp³-hybridized carbons (Fsp3) is 0.364. The topological polar surface area (TPSA) is 20.3 Å². The summed E-state index contributed by atoms with van der Waals surface area (Å²) in [4.78, 5) is 14.1. The minimum Gasteiger partial charge on any atom is -0.327 e. The van der Waals surface area contributed by atoms with Crippen LogP contribution in [0.25, 0.3) is 0 Å². The third kappa shape index (κ3) is 2.53. The molecule has 1 amide bonds. The Morgan fingerprint density at radius 2 is 2.40 bits per heavy atom. The quantitative estimate of drug-likeness (QED) is 0.746. The van der Waals surface area contributed by atoms with Crippen LogP contribution >= 0.6 is 22.9 Å². The van der Waals surface area contributed by atoms with Gasteiger partial charge in [0.25, 0.3) is 5.91 Å². The number of carbonyl (C=O) groups excluding carboxylic acids is 1. The number of halogens is 1. The van der Waals surface area contributed by atoms with Crippen LogP contribution in [-0.2, 0) is 0 Å². The van der Waals surface area contributed by atoms with Crippen molar-refractivity contribution in [1.82, 2.24) is 4.90 Å². The monoisotopic (exact) mass is 241 g/mol. The van der Waals surface area contributed by atoms with Gasteiger partial charge in [-0.25, -0.2) is 0 Å². The minimum atomic E-state index is -0.0847. The highest BCUT2D eigenvalue weighted by molar-refractivity contribution is 7.13. The van der Waals surface area contributed by atoms with Gasteiger partial charge in [-0.3, -0.25) is 4.79 Å². The Kier molecular flexibility index (Phi) is 4.19. The number of hydrogen-bond acceptors (Lipinski definition) is 2. The Morgan fingerprint density at radius 3 is 2.80 bits per heavy atom. The second-order valence-electron chi connectivity index (χ2n) is 3.09. The molecule has 0 unspecified atom stereocenters. The number of nitrogens with zero attached hydrogens (tertiary/aromatic N) is 1. The zero-order valence-corrected chi connectivity index (χ0v) is 10.3. The maximum Gasteiger partial charge on any atom is 0.266 e. The van der Waals surface area contributed by atoms with E-state index in [9.17, 15) is 4.79 Å². The smallest absolute Gasteiger partial charge is 0.266 e. The van der Waals surface area contributed by atoms with Crippen LogP contribution in [0.1, 0.15) is 22.2 Å². The van der Waals surface area contributed by atoms with Gasteiger partial charge < -0.3 is 4.90 Å². The zero-order chi connectivity index (χ0) is 11.4. The van der Waals surface area contributed by atoms with E-state index in [4.69, 9.17) is 18.0 Å². The van der Waals surface area contributed by atoms with Crippen molar-refractivity contribution in [2.75, 3.05) is 13.1 Å². The molecule has 0 spiro atoms. The molecule has 0 saturated carbocycles. The van der Waals surface area contributed by atoms with Crippen LogP contribution < -0.4 is 0 Å². The second-order valence-corrected chi connectivity index (χ2v) is 4.34. The summed E-state index contributed by atoms with van der Waals surface area (Å²) in [6, 6.07) is 0. The van der Waals surface area contributed by atoms with E-state index in [0.717, 1.165) is 5.56 Å². The highest BCUT2D eigenvalue weighted by Gasteiger charge is 2.19. The average molecular weight is 242 g/mol. The summed E-state index contributed by atoms with van der Waals surface area (Å²) in [6.45, 7) is 4.69. The van der Waals surface area contributed by atoms with Crippen LogP contribution in [0.5, 0.6) is 0 Å². The number of hydrogen-bond donors (Lipinski definition) is 0. The fourth-order valence-corrected chi connectivity index (χ4v) is 2.40. The minimum absolute atomic E-state index is 0.0847. The number of terminal acetylenes is 1. The molecule has 0 aromatic carbocycles. The van der Waals surface area contributed by atoms with Crippen LogP contribution in [0, 0.1) is 19.3 Å². The van der Waals surface area contributed by atoms with E-state index in [1.165, 1.54) is 11.3 Å². The third-order valence-electron chi connectivity index (χ3n) is 2.04. The molecule has 80 valence electrons. The van der Waals surface area contributed by atoms with Crippen LogP contribution in [0.3, 0.4) is 0 Å². The van der Waals surface area contributed by atoms with E-state index in [1.54, 1.807) is 4.90 Å². The van der Waals surface area contributed by atoms with Gasteiger partial charge in [0.2, 0.25) is 0 Å². The molecule has 0 aliphatic rings. The van der Waals surface area contributed by atoms with Gasteiger partial charge in [-0.2, -0.15) is 0 Å². The van der Waals surface area contributed by atoms with E-state index >= 15 is 0 Å². The van der Waals surface area contributed by atoms with Crippen molar-refractivity contribution >= 4 is 28.8 Å². The van der Waals surface area contributed by atoms with Crippen LogP contribution in [0.15, 0.2) is 5.38 Å². The summed E-state index contributed by atoms with van der Waals surface area (Å²) < 4.78 is 0. The molecule has 0 saturated heterocycles. The molecule has 1 aromatic rings. The molecule has 0 radical (unpaired) electrons. The largest absolute Gasteiger partial charge is 0.327 e. The van der Waals surface area contributed by atoms with Gasteiger partial charge in [0.1, 0.15) is 4.88 Å². The molecular formula is C11H12ClNOS. The number of rotatable bonds is 3. The lowest BCUT2D eigenvalue weighted by Crippen LogP contribution is -2.30. The molecule has 1 rings (SSSR count). The molecule has 1 aromatic heterocycles. The summed E-state index contributed by atoms with van der Waals surface area (Å²) in [6.07, 6.45) is 5.19. The molecule has 0 atom stereocenters. The fourth-order valence-electron chi connectivity index (χ4n) is 1.16. The highest BCUT2D eigenvalue weighted by atomic mass is 35.5. The van der Waals surface area contributed by atoms with E-state index in [1.807, 2.05) is 19.2 Å². The summed E-state index contributed by atoms with van der Waals surface area (Å²) >= 11 is 7.38. The molecule has 1 heterocycles. The van der Waals surface area contributed by atoms with Crippen LogP contribution in [0.2, 0.25) is 5.02 Å². The molecule has 0 bridgehead atoms. The lowest BCUT2D eigenvalue weighted by Gasteiger charge is -2.16. The first kappa shape index (κ1) is 12.1. The Hall–Kier alpha value is -0.980. The molecular weight excluding hydrogens is 230 g/mol. The van der Waals surface area contributed by atoms with Gasteiger partial charge in [-0.1, -0.05) is 17.5 Å². The number of amides is 1. The number of thiophene rings is 1. The summed E-state index contributed by atoms with van der Waals surface area (Å²) in [7, 11) is 0. The molecule has 2 nitrogen and oxygen atoms in total. The Labute approximate surface area is 98.9 Å². The molecule has 15 heavy (non-hydrogen) atoms. The number of aryl methyl sites for hydroxylation is 1. The first-order chi connectivity index (χ1) is 7.11. The van der Waals surface area contributed by atoms with Crippen molar-refractivity contribution in [2.45, 2.75) is 13.8 Å². The van der Waals surface area contributed by atoms with E-state index in [2.05, 4.69) is 5.92 Å². The summed E-state index contributed by atoms with van der Waals surface area (Å²) in [5, 5.41) is 2.42. The second kappa shape index (κ2) is 5.20. The predicted molar refractivity (Wildman–Crippen MR) is 64.5 cm³/mol. The van der Waals surface area contributed by atoms with Crippen molar-refractivity contribution in [3.8, 4) is 12.3 Å². The maximum atomic E-state index is 12.0. The highest BCUT2D eigenvalue weighted by Crippen LogP contribution is 2.28. The first-order valence-electron chi connectivity index (χ1n) is 4.58. The Bertz CT molecular complexity index is 405. The lowest BCUT2D eigenvalue weighted by molar-refractivity contribution is 0.0790. The van der Waals surface area contributed by atoms with E-state index < -0.39 is 0 Å². The lowest BCUT2D eigenvalue weighted by atomic mass is 10.3. The van der Waals surface area contributed by atoms with Gasteiger partial charge in [0.15, 0.2) is 0 Å². The Morgan fingerprint density at radius 1 is 1.73 bits per heavy atom. The number of carbonyl (C=O) groups is 1. The van der Waals surface area contributed by atoms with E-state index in [-0.39, 0.29) is 5.91 Å². The molecule has 0 N–H and O–H groups in total. The van der Waals surface area contributed by atoms with Crippen molar-refractivity contribution in [3.63, 3.8) is 0 Å². The zero-order valence-electron chi connectivity index (χ0n) is 8.71. The van der Waals surface area contributed by atoms with Crippen molar-refractivity contribution in [2.24, 2.45) is 0 Å². The van der Waals surface area contributed by atoms with Crippen LogP contribution in [0.4, 0.5) is 0 Å². The maximum absolute atomic E-state index is 12.0. The third-order valence-corrected chi connectivity index (χ3v) is 3.73. The van der Waals surface area contributed by atoms with Gasteiger partial charge >= 0.3 is 0 Å². The van der Waals surface area contributed by atoms with Gasteiger partial charge in [0, 0.05) is 6.54 Å². The average Bonchev–Trinajstić information content (AvgIpc) is 2.55. The molecule has 0 aliphatic heterocycles. The Balaban J connectivity index is 2.93. The normalized spacial score (nSPS) is 9.73. The van der Waals surface area contributed by atoms with Crippen LogP contribution in [-0.4, -0.2) is 23.9 Å². The van der Waals surface area contributed by atoms with Crippen molar-refractivity contribution in [1.29, 1.82) is 0 Å². The predicted octanol–water partition coefficient (Wildman–Crippen LogP) is 2.81.